The molecule has 5 N–H and O–H groups in total. The average molecular weight is 287 g/mol. The first-order valence-corrected chi connectivity index (χ1v) is 7.64. The molecule has 1 aromatic carbocycles. The number of nitrogen functional groups attached to an aromatic ring is 1. The molecular formula is C12H21N3O3S. The first kappa shape index (κ1) is 15.7. The summed E-state index contributed by atoms with van der Waals surface area (Å²) in [6.07, 6.45) is 0.604. The molecule has 0 radical (unpaired) electrons. The summed E-state index contributed by atoms with van der Waals surface area (Å²) in [6, 6.07) is 3.10. The molecule has 0 aliphatic carbocycles. The lowest BCUT2D eigenvalue weighted by atomic mass is 10.1. The van der Waals surface area contributed by atoms with Crippen LogP contribution in [0.15, 0.2) is 17.0 Å². The lowest BCUT2D eigenvalue weighted by molar-refractivity contribution is 0.289. The van der Waals surface area contributed by atoms with Gasteiger partial charge in [0.25, 0.3) is 0 Å². The predicted molar refractivity (Wildman–Crippen MR) is 76.6 cm³/mol. The SMILES string of the molecule is CCN(CCCO)c1cc(N)cc(S(N)(=O)=O)c1C. The van der Waals surface area contributed by atoms with E-state index in [0.717, 1.165) is 5.69 Å². The minimum atomic E-state index is -3.80. The molecule has 108 valence electrons. The highest BCUT2D eigenvalue weighted by atomic mass is 32.2. The van der Waals surface area contributed by atoms with Crippen LogP contribution in [0.4, 0.5) is 11.4 Å². The summed E-state index contributed by atoms with van der Waals surface area (Å²) in [6.45, 7) is 5.06. The Labute approximate surface area is 114 Å². The number of anilines is 2. The fourth-order valence-corrected chi connectivity index (χ4v) is 2.86. The second-order valence-corrected chi connectivity index (χ2v) is 5.89. The van der Waals surface area contributed by atoms with Crippen molar-refractivity contribution in [3.8, 4) is 0 Å². The van der Waals surface area contributed by atoms with Crippen molar-refractivity contribution in [2.24, 2.45) is 5.14 Å². The van der Waals surface area contributed by atoms with Gasteiger partial charge in [0.2, 0.25) is 10.0 Å². The maximum absolute atomic E-state index is 11.5. The van der Waals surface area contributed by atoms with Crippen LogP contribution in [0.1, 0.15) is 18.9 Å². The van der Waals surface area contributed by atoms with Gasteiger partial charge in [-0.05, 0) is 38.0 Å². The number of primary sulfonamides is 1. The second kappa shape index (κ2) is 6.23. The Morgan fingerprint density at radius 1 is 1.37 bits per heavy atom. The highest BCUT2D eigenvalue weighted by molar-refractivity contribution is 7.89. The Kier molecular flexibility index (Phi) is 5.16. The number of hydrogen-bond acceptors (Lipinski definition) is 5. The summed E-state index contributed by atoms with van der Waals surface area (Å²) in [5.41, 5.74) is 7.42. The van der Waals surface area contributed by atoms with E-state index in [1.807, 2.05) is 11.8 Å². The van der Waals surface area contributed by atoms with Crippen LogP contribution in [0.2, 0.25) is 0 Å². The minimum absolute atomic E-state index is 0.0462. The van der Waals surface area contributed by atoms with Gasteiger partial charge in [-0.3, -0.25) is 0 Å². The zero-order valence-electron chi connectivity index (χ0n) is 11.3. The lowest BCUT2D eigenvalue weighted by Gasteiger charge is -2.26. The van der Waals surface area contributed by atoms with E-state index in [-0.39, 0.29) is 11.5 Å². The number of aliphatic hydroxyl groups is 1. The number of sulfonamides is 1. The van der Waals surface area contributed by atoms with E-state index in [1.54, 1.807) is 13.0 Å². The Morgan fingerprint density at radius 2 is 2.00 bits per heavy atom. The highest BCUT2D eigenvalue weighted by Gasteiger charge is 2.18. The van der Waals surface area contributed by atoms with Gasteiger partial charge in [-0.1, -0.05) is 0 Å². The predicted octanol–water partition coefficient (Wildman–Crippen LogP) is 0.433. The average Bonchev–Trinajstić information content (AvgIpc) is 2.32. The minimum Gasteiger partial charge on any atom is -0.399 e. The molecule has 0 unspecified atom stereocenters. The van der Waals surface area contributed by atoms with E-state index in [9.17, 15) is 8.42 Å². The zero-order valence-corrected chi connectivity index (χ0v) is 12.1. The Bertz CT molecular complexity index is 543. The molecule has 6 nitrogen and oxygen atoms in total. The normalized spacial score (nSPS) is 11.6. The smallest absolute Gasteiger partial charge is 0.238 e. The van der Waals surface area contributed by atoms with Crippen molar-refractivity contribution in [3.63, 3.8) is 0 Å². The summed E-state index contributed by atoms with van der Waals surface area (Å²) < 4.78 is 23.1. The van der Waals surface area contributed by atoms with Gasteiger partial charge in [-0.2, -0.15) is 0 Å². The van der Waals surface area contributed by atoms with Gasteiger partial charge in [0.1, 0.15) is 0 Å². The third-order valence-corrected chi connectivity index (χ3v) is 4.01. The Hall–Kier alpha value is -1.31. The van der Waals surface area contributed by atoms with Gasteiger partial charge in [0.05, 0.1) is 4.90 Å². The maximum atomic E-state index is 11.5. The van der Waals surface area contributed by atoms with E-state index >= 15 is 0 Å². The summed E-state index contributed by atoms with van der Waals surface area (Å²) in [7, 11) is -3.80. The molecule has 7 heteroatoms. The molecule has 0 saturated heterocycles. The van der Waals surface area contributed by atoms with Gasteiger partial charge in [0.15, 0.2) is 0 Å². The van der Waals surface area contributed by atoms with Gasteiger partial charge in [0, 0.05) is 31.1 Å². The molecule has 0 aliphatic rings. The van der Waals surface area contributed by atoms with Gasteiger partial charge in [-0.15, -0.1) is 0 Å². The quantitative estimate of drug-likeness (QED) is 0.657. The zero-order chi connectivity index (χ0) is 14.6. The molecule has 1 aromatic rings. The van der Waals surface area contributed by atoms with E-state index in [2.05, 4.69) is 0 Å². The Balaban J connectivity index is 3.31. The summed E-state index contributed by atoms with van der Waals surface area (Å²) >= 11 is 0. The lowest BCUT2D eigenvalue weighted by Crippen LogP contribution is -2.26. The third kappa shape index (κ3) is 3.82. The van der Waals surface area contributed by atoms with Crippen LogP contribution in [-0.2, 0) is 10.0 Å². The topological polar surface area (TPSA) is 110 Å². The second-order valence-electron chi connectivity index (χ2n) is 4.37. The first-order valence-electron chi connectivity index (χ1n) is 6.10. The molecule has 0 aliphatic heterocycles. The molecule has 0 saturated carbocycles. The van der Waals surface area contributed by atoms with Crippen LogP contribution < -0.4 is 15.8 Å². The monoisotopic (exact) mass is 287 g/mol. The van der Waals surface area contributed by atoms with Crippen molar-refractivity contribution >= 4 is 21.4 Å². The molecule has 0 spiro atoms. The molecule has 0 fully saturated rings. The molecule has 0 bridgehead atoms. The number of benzene rings is 1. The van der Waals surface area contributed by atoms with Crippen molar-refractivity contribution in [1.82, 2.24) is 0 Å². The highest BCUT2D eigenvalue weighted by Crippen LogP contribution is 2.29. The fourth-order valence-electron chi connectivity index (χ4n) is 2.03. The molecule has 0 heterocycles. The van der Waals surface area contributed by atoms with Crippen LogP contribution in [0.25, 0.3) is 0 Å². The maximum Gasteiger partial charge on any atom is 0.238 e. The number of aliphatic hydroxyl groups excluding tert-OH is 1. The van der Waals surface area contributed by atoms with Crippen molar-refractivity contribution in [3.05, 3.63) is 17.7 Å². The number of nitrogens with zero attached hydrogens (tertiary/aromatic N) is 1. The third-order valence-electron chi connectivity index (χ3n) is 2.97. The van der Waals surface area contributed by atoms with Crippen molar-refractivity contribution in [1.29, 1.82) is 0 Å². The van der Waals surface area contributed by atoms with E-state index in [4.69, 9.17) is 16.0 Å². The van der Waals surface area contributed by atoms with E-state index in [0.29, 0.717) is 30.8 Å². The number of rotatable bonds is 6. The largest absolute Gasteiger partial charge is 0.399 e. The molecule has 0 atom stereocenters. The molecule has 1 rings (SSSR count). The standard InChI is InChI=1S/C12H21N3O3S/c1-3-15(5-4-6-16)11-7-10(13)8-12(9(11)2)19(14,17)18/h7-8,16H,3-6,13H2,1-2H3,(H2,14,17,18). The van der Waals surface area contributed by atoms with Crippen molar-refractivity contribution in [2.75, 3.05) is 30.3 Å². The molecule has 0 aromatic heterocycles. The molecule has 19 heavy (non-hydrogen) atoms. The van der Waals surface area contributed by atoms with Crippen LogP contribution in [-0.4, -0.2) is 33.2 Å². The van der Waals surface area contributed by atoms with Crippen LogP contribution in [0, 0.1) is 6.92 Å². The van der Waals surface area contributed by atoms with Gasteiger partial charge in [-0.25, -0.2) is 13.6 Å². The summed E-state index contributed by atoms with van der Waals surface area (Å²) in [5.74, 6) is 0. The van der Waals surface area contributed by atoms with Crippen molar-refractivity contribution in [2.45, 2.75) is 25.2 Å². The Morgan fingerprint density at radius 3 is 2.47 bits per heavy atom. The molecular weight excluding hydrogens is 266 g/mol. The molecule has 0 amide bonds. The van der Waals surface area contributed by atoms with Gasteiger partial charge >= 0.3 is 0 Å². The van der Waals surface area contributed by atoms with E-state index in [1.165, 1.54) is 6.07 Å². The van der Waals surface area contributed by atoms with E-state index < -0.39 is 10.0 Å². The van der Waals surface area contributed by atoms with Crippen LogP contribution in [0.5, 0.6) is 0 Å². The van der Waals surface area contributed by atoms with Crippen molar-refractivity contribution < 1.29 is 13.5 Å². The van der Waals surface area contributed by atoms with Crippen LogP contribution in [0.3, 0.4) is 0 Å². The summed E-state index contributed by atoms with van der Waals surface area (Å²) in [5, 5.41) is 14.1. The number of hydrogen-bond donors (Lipinski definition) is 3. The number of nitrogens with two attached hydrogens (primary N) is 2. The summed E-state index contributed by atoms with van der Waals surface area (Å²) in [4.78, 5) is 2.02. The first-order chi connectivity index (χ1) is 8.81. The van der Waals surface area contributed by atoms with Gasteiger partial charge < -0.3 is 15.7 Å². The fraction of sp³-hybridized carbons (Fsp3) is 0.500. The van der Waals surface area contributed by atoms with Crippen LogP contribution >= 0.6 is 0 Å².